The number of methoxy groups -OCH3 is 2. The van der Waals surface area contributed by atoms with E-state index in [0.29, 0.717) is 53.0 Å². The van der Waals surface area contributed by atoms with Crippen molar-refractivity contribution < 1.29 is 73.4 Å². The first-order valence-electron chi connectivity index (χ1n) is 21.7. The van der Waals surface area contributed by atoms with Crippen molar-refractivity contribution in [3.05, 3.63) is 106 Å². The van der Waals surface area contributed by atoms with Crippen molar-refractivity contribution in [1.29, 1.82) is 0 Å². The number of nitrogens with one attached hydrogen (secondary N) is 2. The number of carbonyl (C=O) groups excluding carboxylic acids is 6. The molecule has 4 aromatic rings. The summed E-state index contributed by atoms with van der Waals surface area (Å²) in [5.74, 6) is -2.04. The molecular formula is C47H60N4O15S2. The minimum Gasteiger partial charge on any atom is -0.493 e. The van der Waals surface area contributed by atoms with E-state index in [1.165, 1.54) is 52.3 Å². The van der Waals surface area contributed by atoms with Crippen molar-refractivity contribution >= 4 is 66.6 Å². The summed E-state index contributed by atoms with van der Waals surface area (Å²) < 4.78 is 91.6. The number of imide groups is 1. The smallest absolute Gasteiger partial charge is 0.349 e. The molecule has 0 aromatic heterocycles. The Labute approximate surface area is 401 Å². The number of nitrogens with two attached hydrogens (primary N) is 1. The maximum atomic E-state index is 13.3. The quantitative estimate of drug-likeness (QED) is 0.0680. The van der Waals surface area contributed by atoms with Crippen LogP contribution in [-0.4, -0.2) is 109 Å². The van der Waals surface area contributed by atoms with Gasteiger partial charge in [0.1, 0.15) is 19.7 Å². The average Bonchev–Trinajstić information content (AvgIpc) is 3.68. The van der Waals surface area contributed by atoms with Gasteiger partial charge in [-0.1, -0.05) is 45.5 Å². The standard InChI is InChI=1S/C22H24N2O7S.C12H19NO4S.C10H7NO4.C2H6.CH4/c1-5-31-19-11-14(9-10-18(19)30-3)17(12-32(4,28)29)24-21(26)15-7-6-8-16(23-13(2)25)20(15)22(24)27;1-4-17-12-7-9(5-6-11(12)16-2)10(13)8-18(3,14)15;1-5(12)11-7-4-2-3-6-8(7)10(14)15-9(6)13;1-2;/h6-11,17H,5,12H2,1-4H3,(H,23,25);5-7,10H,4,8,13H2,1-3H3;2-4H,1H3,(H,11,12);1-2H3;1H4/t17-;10-;;;/m11.../s1/i;;;1D3;. The van der Waals surface area contributed by atoms with Gasteiger partial charge >= 0.3 is 11.9 Å². The third-order valence-electron chi connectivity index (χ3n) is 9.28. The van der Waals surface area contributed by atoms with E-state index in [-0.39, 0.29) is 47.0 Å². The van der Waals surface area contributed by atoms with Crippen molar-refractivity contribution in [2.24, 2.45) is 5.73 Å². The van der Waals surface area contributed by atoms with Crippen LogP contribution in [0, 0.1) is 0 Å². The van der Waals surface area contributed by atoms with Crippen LogP contribution >= 0.6 is 0 Å². The highest BCUT2D eigenvalue weighted by Gasteiger charge is 2.43. The van der Waals surface area contributed by atoms with Crippen molar-refractivity contribution in [2.45, 2.75) is 61.0 Å². The monoisotopic (exact) mass is 987 g/mol. The number of carbonyl (C=O) groups is 6. The summed E-state index contributed by atoms with van der Waals surface area (Å²) >= 11 is 0. The number of cyclic esters (lactones) is 2. The molecule has 2 aliphatic heterocycles. The molecule has 4 aromatic carbocycles. The number of sulfone groups is 2. The van der Waals surface area contributed by atoms with Crippen LogP contribution in [0.3, 0.4) is 0 Å². The van der Waals surface area contributed by atoms with Crippen molar-refractivity contribution in [1.82, 2.24) is 4.90 Å². The van der Waals surface area contributed by atoms with Gasteiger partial charge in [-0.3, -0.25) is 24.1 Å². The van der Waals surface area contributed by atoms with Gasteiger partial charge in [-0.05, 0) is 73.5 Å². The number of benzene rings is 4. The Morgan fingerprint density at radius 2 is 1.15 bits per heavy atom. The summed E-state index contributed by atoms with van der Waals surface area (Å²) in [6.07, 6.45) is 2.20. The molecule has 0 aliphatic carbocycles. The SMILES string of the molecule is C.CC(=O)Nc1cccc2c1C(=O)OC2=O.CCOc1cc([C@@H](CS(C)(=O)=O)N2C(=O)c3cccc(NC(C)=O)c3C2=O)ccc1OC.CCOc1cc([C@H](N)CS(C)(=O)=O)ccc1OC.[2H]C([2H])([2H])C. The zero-order chi connectivity index (χ0) is 52.9. The molecule has 0 spiro atoms. The van der Waals surface area contributed by atoms with Gasteiger partial charge < -0.3 is 40.1 Å². The molecule has 4 amide bonds. The Kier molecular flexibility index (Phi) is 19.4. The number of hydrogen-bond acceptors (Lipinski definition) is 16. The van der Waals surface area contributed by atoms with Crippen LogP contribution in [0.5, 0.6) is 23.0 Å². The van der Waals surface area contributed by atoms with Crippen molar-refractivity contribution in [3.8, 4) is 23.0 Å². The van der Waals surface area contributed by atoms with E-state index in [1.54, 1.807) is 68.6 Å². The van der Waals surface area contributed by atoms with Crippen LogP contribution in [0.1, 0.15) is 118 Å². The largest absolute Gasteiger partial charge is 0.493 e. The first kappa shape index (κ1) is 52.1. The Hall–Kier alpha value is -6.84. The molecule has 0 fully saturated rings. The fourth-order valence-corrected chi connectivity index (χ4v) is 8.46. The number of hydrogen-bond donors (Lipinski definition) is 3. The fourth-order valence-electron chi connectivity index (χ4n) is 6.70. The molecule has 0 saturated heterocycles. The van der Waals surface area contributed by atoms with E-state index in [0.717, 1.165) is 11.2 Å². The molecule has 2 aliphatic rings. The maximum absolute atomic E-state index is 13.3. The van der Waals surface area contributed by atoms with Gasteiger partial charge in [-0.25, -0.2) is 26.4 Å². The molecule has 0 radical (unpaired) electrons. The number of ether oxygens (including phenoxy) is 5. The first-order chi connectivity index (χ1) is 32.5. The van der Waals surface area contributed by atoms with Crippen LogP contribution in [0.4, 0.5) is 11.4 Å². The Bertz CT molecular complexity index is 2830. The van der Waals surface area contributed by atoms with Gasteiger partial charge in [0.2, 0.25) is 11.8 Å². The topological polar surface area (TPSA) is 270 Å². The van der Waals surface area contributed by atoms with Gasteiger partial charge in [-0.15, -0.1) is 0 Å². The van der Waals surface area contributed by atoms with E-state index in [1.807, 2.05) is 6.92 Å². The highest BCUT2D eigenvalue weighted by Crippen LogP contribution is 2.39. The Morgan fingerprint density at radius 3 is 1.60 bits per heavy atom. The molecule has 19 nitrogen and oxygen atoms in total. The maximum Gasteiger partial charge on any atom is 0.349 e. The predicted molar refractivity (Wildman–Crippen MR) is 257 cm³/mol. The molecule has 21 heteroatoms. The second-order valence-corrected chi connectivity index (χ2v) is 18.8. The lowest BCUT2D eigenvalue weighted by atomic mass is 10.1. The first-order valence-corrected chi connectivity index (χ1v) is 24.3. The van der Waals surface area contributed by atoms with Crippen LogP contribution in [-0.2, 0) is 34.0 Å². The van der Waals surface area contributed by atoms with E-state index < -0.39 is 74.0 Å². The van der Waals surface area contributed by atoms with Crippen molar-refractivity contribution in [2.75, 3.05) is 62.1 Å². The molecule has 2 atom stereocenters. The lowest BCUT2D eigenvalue weighted by Gasteiger charge is -2.27. The van der Waals surface area contributed by atoms with Crippen LogP contribution in [0.15, 0.2) is 72.8 Å². The summed E-state index contributed by atoms with van der Waals surface area (Å²) in [5, 5.41) is 5.02. The van der Waals surface area contributed by atoms with E-state index in [9.17, 15) is 45.6 Å². The molecule has 4 N–H and O–H groups in total. The van der Waals surface area contributed by atoms with Gasteiger partial charge in [0.15, 0.2) is 23.0 Å². The molecular weight excluding hydrogens is 925 g/mol. The molecule has 0 bridgehead atoms. The van der Waals surface area contributed by atoms with Gasteiger partial charge in [-0.2, -0.15) is 0 Å². The van der Waals surface area contributed by atoms with Crippen LogP contribution in [0.2, 0.25) is 0 Å². The van der Waals surface area contributed by atoms with Gasteiger partial charge in [0.05, 0.1) is 78.6 Å². The van der Waals surface area contributed by atoms with Gasteiger partial charge in [0, 0.05) is 36.5 Å². The number of anilines is 2. The summed E-state index contributed by atoms with van der Waals surface area (Å²) in [7, 11) is -3.69. The molecule has 370 valence electrons. The number of amides is 4. The lowest BCUT2D eigenvalue weighted by Crippen LogP contribution is -2.37. The minimum atomic E-state index is -3.60. The van der Waals surface area contributed by atoms with Gasteiger partial charge in [0.25, 0.3) is 11.8 Å². The number of nitrogens with zero attached hydrogens (tertiary/aromatic N) is 1. The minimum absolute atomic E-state index is 0. The number of rotatable bonds is 15. The predicted octanol–water partition coefficient (Wildman–Crippen LogP) is 6.19. The van der Waals surface area contributed by atoms with E-state index >= 15 is 0 Å². The zero-order valence-electron chi connectivity index (χ0n) is 41.4. The third kappa shape index (κ3) is 15.1. The summed E-state index contributed by atoms with van der Waals surface area (Å²) in [6, 6.07) is 17.4. The van der Waals surface area contributed by atoms with Crippen molar-refractivity contribution in [3.63, 3.8) is 0 Å². The lowest BCUT2D eigenvalue weighted by molar-refractivity contribution is -0.115. The van der Waals surface area contributed by atoms with Crippen LogP contribution in [0.25, 0.3) is 0 Å². The highest BCUT2D eigenvalue weighted by molar-refractivity contribution is 7.90. The third-order valence-corrected chi connectivity index (χ3v) is 11.2. The highest BCUT2D eigenvalue weighted by atomic mass is 32.2. The second-order valence-electron chi connectivity index (χ2n) is 14.5. The number of fused-ring (bicyclic) bond motifs is 2. The summed E-state index contributed by atoms with van der Waals surface area (Å²) in [6.45, 7) is 6.53. The second kappa shape index (κ2) is 25.3. The molecule has 68 heavy (non-hydrogen) atoms. The normalized spacial score (nSPS) is 14.0. The van der Waals surface area contributed by atoms with Crippen LogP contribution < -0.4 is 35.3 Å². The fraction of sp³-hybridized carbons (Fsp3) is 0.362. The molecule has 0 unspecified atom stereocenters. The Morgan fingerprint density at radius 1 is 0.691 bits per heavy atom. The molecule has 6 rings (SSSR count). The molecule has 0 saturated carbocycles. The Balaban J connectivity index is 0.000000374. The van der Waals surface area contributed by atoms with E-state index in [2.05, 4.69) is 15.4 Å². The summed E-state index contributed by atoms with van der Waals surface area (Å²) in [5.41, 5.74) is 7.91. The average molecular weight is 988 g/mol. The zero-order valence-corrected chi connectivity index (χ0v) is 40.0. The van der Waals surface area contributed by atoms with E-state index in [4.69, 9.17) is 28.8 Å². The number of esters is 2. The summed E-state index contributed by atoms with van der Waals surface area (Å²) in [4.78, 5) is 72.3. The molecule has 2 heterocycles.